The molecule has 2 heterocycles. The van der Waals surface area contributed by atoms with Crippen LogP contribution in [-0.2, 0) is 0 Å². The molecule has 0 bridgehead atoms. The molecular weight excluding hydrogens is 335 g/mol. The molecule has 6 nitrogen and oxygen atoms in total. The predicted molar refractivity (Wildman–Crippen MR) is 96.5 cm³/mol. The fourth-order valence-electron chi connectivity index (χ4n) is 2.96. The lowest BCUT2D eigenvalue weighted by Crippen LogP contribution is -2.19. The van der Waals surface area contributed by atoms with Crippen molar-refractivity contribution in [3.8, 4) is 11.4 Å². The minimum Gasteiger partial charge on any atom is -0.442 e. The highest BCUT2D eigenvalue weighted by Crippen LogP contribution is 2.41. The Hall–Kier alpha value is -2.96. The molecule has 4 rings (SSSR count). The lowest BCUT2D eigenvalue weighted by atomic mass is 10.1. The number of rotatable bonds is 4. The van der Waals surface area contributed by atoms with Gasteiger partial charge in [-0.05, 0) is 45.2 Å². The van der Waals surface area contributed by atoms with E-state index >= 15 is 0 Å². The van der Waals surface area contributed by atoms with E-state index in [9.17, 15) is 9.18 Å². The van der Waals surface area contributed by atoms with Crippen LogP contribution in [0.2, 0.25) is 0 Å². The molecule has 7 heteroatoms. The van der Waals surface area contributed by atoms with Crippen molar-refractivity contribution in [1.82, 2.24) is 9.97 Å². The van der Waals surface area contributed by atoms with Gasteiger partial charge < -0.3 is 15.5 Å². The number of carbonyl (C=O) groups excluding carboxylic acids is 1. The zero-order valence-electron chi connectivity index (χ0n) is 14.8. The van der Waals surface area contributed by atoms with E-state index in [0.29, 0.717) is 33.9 Å². The average Bonchev–Trinajstić information content (AvgIpc) is 3.18. The number of nitrogens with zero attached hydrogens (tertiary/aromatic N) is 2. The number of benzene rings is 1. The van der Waals surface area contributed by atoms with E-state index in [-0.39, 0.29) is 22.6 Å². The lowest BCUT2D eigenvalue weighted by Gasteiger charge is -2.14. The van der Waals surface area contributed by atoms with Crippen LogP contribution in [-0.4, -0.2) is 21.4 Å². The molecule has 1 fully saturated rings. The lowest BCUT2D eigenvalue weighted by molar-refractivity contribution is 0.1000. The Bertz CT molecular complexity index is 1050. The van der Waals surface area contributed by atoms with Gasteiger partial charge in [0.25, 0.3) is 5.91 Å². The van der Waals surface area contributed by atoms with E-state index in [4.69, 9.17) is 10.2 Å². The van der Waals surface area contributed by atoms with E-state index < -0.39 is 5.91 Å². The zero-order chi connectivity index (χ0) is 18.6. The number of anilines is 1. The van der Waals surface area contributed by atoms with Crippen LogP contribution in [0.4, 0.5) is 10.2 Å². The molecule has 0 unspecified atom stereocenters. The molecule has 1 aromatic carbocycles. The standard InChI is InChI=1S/C19H19FN4O2/c1-9-4-5-11(8-12(9)20)16-22-17(24-19(3)6-7-19)14-13(15(21)25)10(2)26-18(14)23-16/h4-5,8H,6-7H2,1-3H3,(H2,21,25)(H,22,23,24). The van der Waals surface area contributed by atoms with E-state index in [1.54, 1.807) is 26.0 Å². The normalized spacial score (nSPS) is 15.2. The van der Waals surface area contributed by atoms with Crippen molar-refractivity contribution in [2.75, 3.05) is 5.32 Å². The van der Waals surface area contributed by atoms with Crippen LogP contribution < -0.4 is 11.1 Å². The van der Waals surface area contributed by atoms with Gasteiger partial charge in [0, 0.05) is 11.1 Å². The second-order valence-electron chi connectivity index (χ2n) is 7.12. The second-order valence-corrected chi connectivity index (χ2v) is 7.12. The molecule has 0 spiro atoms. The number of nitrogens with two attached hydrogens (primary N) is 1. The van der Waals surface area contributed by atoms with Gasteiger partial charge in [0.05, 0.1) is 10.9 Å². The van der Waals surface area contributed by atoms with Gasteiger partial charge in [0.15, 0.2) is 5.82 Å². The van der Waals surface area contributed by atoms with Crippen LogP contribution in [0.15, 0.2) is 22.6 Å². The van der Waals surface area contributed by atoms with Crippen molar-refractivity contribution in [3.05, 3.63) is 40.9 Å². The summed E-state index contributed by atoms with van der Waals surface area (Å²) in [5.74, 6) is 0.272. The number of hydrogen-bond donors (Lipinski definition) is 2. The Balaban J connectivity index is 1.95. The largest absolute Gasteiger partial charge is 0.442 e. The van der Waals surface area contributed by atoms with Crippen molar-refractivity contribution >= 4 is 22.8 Å². The van der Waals surface area contributed by atoms with Gasteiger partial charge >= 0.3 is 0 Å². The van der Waals surface area contributed by atoms with Crippen molar-refractivity contribution in [2.45, 2.75) is 39.2 Å². The number of fused-ring (bicyclic) bond motifs is 1. The Morgan fingerprint density at radius 2 is 2.04 bits per heavy atom. The van der Waals surface area contributed by atoms with Crippen LogP contribution >= 0.6 is 0 Å². The maximum atomic E-state index is 14.0. The highest BCUT2D eigenvalue weighted by molar-refractivity contribution is 6.09. The third kappa shape index (κ3) is 2.69. The summed E-state index contributed by atoms with van der Waals surface area (Å²) in [7, 11) is 0. The molecule has 1 amide bonds. The van der Waals surface area contributed by atoms with Crippen molar-refractivity contribution in [1.29, 1.82) is 0 Å². The third-order valence-electron chi connectivity index (χ3n) is 4.82. The summed E-state index contributed by atoms with van der Waals surface area (Å²) in [6.07, 6.45) is 1.99. The number of aromatic nitrogens is 2. The minimum absolute atomic E-state index is 0.0861. The number of halogens is 1. The van der Waals surface area contributed by atoms with Gasteiger partial charge in [-0.3, -0.25) is 4.79 Å². The van der Waals surface area contributed by atoms with Gasteiger partial charge in [0.1, 0.15) is 17.4 Å². The first kappa shape index (κ1) is 16.5. The number of hydrogen-bond acceptors (Lipinski definition) is 5. The first-order chi connectivity index (χ1) is 12.3. The minimum atomic E-state index is -0.594. The number of nitrogens with one attached hydrogen (secondary N) is 1. The molecule has 3 N–H and O–H groups in total. The average molecular weight is 354 g/mol. The molecule has 0 radical (unpaired) electrons. The van der Waals surface area contributed by atoms with Crippen LogP contribution in [0.25, 0.3) is 22.5 Å². The molecule has 2 aromatic heterocycles. The van der Waals surface area contributed by atoms with Crippen LogP contribution in [0.3, 0.4) is 0 Å². The molecule has 1 aliphatic carbocycles. The van der Waals surface area contributed by atoms with E-state index in [1.807, 2.05) is 0 Å². The summed E-state index contributed by atoms with van der Waals surface area (Å²) in [6, 6.07) is 4.83. The molecule has 1 aliphatic rings. The van der Waals surface area contributed by atoms with Gasteiger partial charge in [-0.25, -0.2) is 9.37 Å². The third-order valence-corrected chi connectivity index (χ3v) is 4.82. The Kier molecular flexibility index (Phi) is 3.50. The number of amides is 1. The Morgan fingerprint density at radius 3 is 2.65 bits per heavy atom. The summed E-state index contributed by atoms with van der Waals surface area (Å²) in [4.78, 5) is 20.9. The molecule has 134 valence electrons. The number of aryl methyl sites for hydroxylation is 2. The van der Waals surface area contributed by atoms with Crippen LogP contribution in [0.1, 0.15) is 41.4 Å². The fourth-order valence-corrected chi connectivity index (χ4v) is 2.96. The summed E-state index contributed by atoms with van der Waals surface area (Å²) in [5, 5.41) is 3.84. The molecule has 0 saturated heterocycles. The van der Waals surface area contributed by atoms with E-state index in [0.717, 1.165) is 12.8 Å². The van der Waals surface area contributed by atoms with Crippen LogP contribution in [0.5, 0.6) is 0 Å². The number of furan rings is 1. The molecular formula is C19H19FN4O2. The van der Waals surface area contributed by atoms with Crippen molar-refractivity contribution in [2.24, 2.45) is 5.73 Å². The van der Waals surface area contributed by atoms with E-state index in [1.165, 1.54) is 6.07 Å². The Labute approximate surface area is 149 Å². The first-order valence-corrected chi connectivity index (χ1v) is 8.43. The van der Waals surface area contributed by atoms with Crippen LogP contribution in [0, 0.1) is 19.7 Å². The van der Waals surface area contributed by atoms with Crippen molar-refractivity contribution in [3.63, 3.8) is 0 Å². The Morgan fingerprint density at radius 1 is 1.31 bits per heavy atom. The quantitative estimate of drug-likeness (QED) is 0.745. The summed E-state index contributed by atoms with van der Waals surface area (Å²) >= 11 is 0. The topological polar surface area (TPSA) is 94.0 Å². The second kappa shape index (κ2) is 5.52. The first-order valence-electron chi connectivity index (χ1n) is 8.43. The molecule has 0 aliphatic heterocycles. The molecule has 26 heavy (non-hydrogen) atoms. The van der Waals surface area contributed by atoms with Gasteiger partial charge in [-0.2, -0.15) is 4.98 Å². The predicted octanol–water partition coefficient (Wildman–Crippen LogP) is 3.71. The fraction of sp³-hybridized carbons (Fsp3) is 0.316. The summed E-state index contributed by atoms with van der Waals surface area (Å²) < 4.78 is 19.6. The maximum Gasteiger partial charge on any atom is 0.253 e. The maximum absolute atomic E-state index is 14.0. The summed E-state index contributed by atoms with van der Waals surface area (Å²) in [6.45, 7) is 5.43. The number of carbonyl (C=O) groups is 1. The van der Waals surface area contributed by atoms with Gasteiger partial charge in [-0.1, -0.05) is 12.1 Å². The SMILES string of the molecule is Cc1ccc(-c2nc(NC3(C)CC3)c3c(C(N)=O)c(C)oc3n2)cc1F. The monoisotopic (exact) mass is 354 g/mol. The molecule has 3 aromatic rings. The smallest absolute Gasteiger partial charge is 0.253 e. The number of primary amides is 1. The molecule has 0 atom stereocenters. The van der Waals surface area contributed by atoms with Gasteiger partial charge in [-0.15, -0.1) is 0 Å². The van der Waals surface area contributed by atoms with E-state index in [2.05, 4.69) is 22.2 Å². The molecule has 1 saturated carbocycles. The zero-order valence-corrected chi connectivity index (χ0v) is 14.8. The summed E-state index contributed by atoms with van der Waals surface area (Å²) in [5.41, 5.74) is 7.05. The highest BCUT2D eigenvalue weighted by atomic mass is 19.1. The highest BCUT2D eigenvalue weighted by Gasteiger charge is 2.38. The van der Waals surface area contributed by atoms with Gasteiger partial charge in [0.2, 0.25) is 5.71 Å². The van der Waals surface area contributed by atoms with Crippen molar-refractivity contribution < 1.29 is 13.6 Å².